The Morgan fingerprint density at radius 3 is 2.52 bits per heavy atom. The first-order valence-electron chi connectivity index (χ1n) is 6.26. The second-order valence-electron chi connectivity index (χ2n) is 4.71. The van der Waals surface area contributed by atoms with Crippen molar-refractivity contribution in [2.45, 2.75) is 12.5 Å². The molecule has 108 valence electrons. The molecule has 1 aliphatic rings. The molecular formula is C14H12BrN3O3. The zero-order chi connectivity index (χ0) is 15.0. The summed E-state index contributed by atoms with van der Waals surface area (Å²) >= 11 is 3.30. The van der Waals surface area contributed by atoms with Crippen LogP contribution < -0.4 is 16.4 Å². The molecule has 2 amide bonds. The average Bonchev–Trinajstić information content (AvgIpc) is 2.79. The Morgan fingerprint density at radius 2 is 1.86 bits per heavy atom. The molecule has 1 aromatic carbocycles. The smallest absolute Gasteiger partial charge is 0.233 e. The van der Waals surface area contributed by atoms with E-state index in [1.165, 1.54) is 0 Å². The first kappa shape index (κ1) is 13.8. The number of carbonyl (C=O) groups is 2. The topological polar surface area (TPSA) is 97.4 Å². The third-order valence-corrected chi connectivity index (χ3v) is 3.90. The molecular weight excluding hydrogens is 338 g/mol. The molecule has 6 nitrogen and oxygen atoms in total. The number of carbonyl (C=O) groups excluding carboxylic acids is 2. The van der Waals surface area contributed by atoms with Crippen LogP contribution in [-0.4, -0.2) is 11.8 Å². The van der Waals surface area contributed by atoms with Gasteiger partial charge >= 0.3 is 0 Å². The van der Waals surface area contributed by atoms with Crippen molar-refractivity contribution in [2.75, 3.05) is 10.6 Å². The summed E-state index contributed by atoms with van der Waals surface area (Å²) in [5.74, 6) is -0.678. The number of hydrogen-bond donors (Lipinski definition) is 3. The summed E-state index contributed by atoms with van der Waals surface area (Å²) in [7, 11) is 0. The van der Waals surface area contributed by atoms with E-state index in [0.717, 1.165) is 11.1 Å². The number of benzene rings is 1. The number of rotatable bonds is 2. The summed E-state index contributed by atoms with van der Waals surface area (Å²) in [6.07, 6.45) is 1.36. The highest BCUT2D eigenvalue weighted by molar-refractivity contribution is 9.10. The molecule has 0 radical (unpaired) electrons. The number of nitrogens with two attached hydrogens (primary N) is 1. The summed E-state index contributed by atoms with van der Waals surface area (Å²) in [5.41, 5.74) is 8.91. The molecule has 2 aromatic rings. The van der Waals surface area contributed by atoms with E-state index in [1.807, 2.05) is 0 Å². The molecule has 0 fully saturated rings. The van der Waals surface area contributed by atoms with Gasteiger partial charge in [0.1, 0.15) is 6.42 Å². The molecule has 2 heterocycles. The van der Waals surface area contributed by atoms with Gasteiger partial charge in [-0.25, -0.2) is 0 Å². The highest BCUT2D eigenvalue weighted by Gasteiger charge is 2.21. The van der Waals surface area contributed by atoms with Gasteiger partial charge in [-0.2, -0.15) is 0 Å². The van der Waals surface area contributed by atoms with E-state index in [4.69, 9.17) is 10.2 Å². The van der Waals surface area contributed by atoms with Crippen molar-refractivity contribution in [1.29, 1.82) is 0 Å². The molecule has 1 atom stereocenters. The first-order chi connectivity index (χ1) is 10.0. The van der Waals surface area contributed by atoms with Crippen molar-refractivity contribution in [2.24, 2.45) is 5.73 Å². The maximum Gasteiger partial charge on any atom is 0.233 e. The number of halogens is 1. The van der Waals surface area contributed by atoms with Crippen LogP contribution in [0.4, 0.5) is 11.4 Å². The predicted octanol–water partition coefficient (Wildman–Crippen LogP) is 2.37. The van der Waals surface area contributed by atoms with Crippen LogP contribution in [0.15, 0.2) is 39.6 Å². The molecule has 0 saturated heterocycles. The Morgan fingerprint density at radius 1 is 1.14 bits per heavy atom. The SMILES string of the molecule is NC(c1ccc2c(c1)NC(=O)CC(=O)N2)c1ccoc1Br. The minimum Gasteiger partial charge on any atom is -0.457 e. The van der Waals surface area contributed by atoms with Crippen LogP contribution in [0.3, 0.4) is 0 Å². The fourth-order valence-corrected chi connectivity index (χ4v) is 2.70. The largest absolute Gasteiger partial charge is 0.457 e. The molecule has 4 N–H and O–H groups in total. The van der Waals surface area contributed by atoms with Crippen LogP contribution in [0, 0.1) is 0 Å². The molecule has 1 aromatic heterocycles. The molecule has 1 unspecified atom stereocenters. The van der Waals surface area contributed by atoms with Crippen molar-refractivity contribution >= 4 is 39.1 Å². The van der Waals surface area contributed by atoms with Gasteiger partial charge in [0.2, 0.25) is 11.8 Å². The number of anilines is 2. The fourth-order valence-electron chi connectivity index (χ4n) is 2.21. The van der Waals surface area contributed by atoms with Gasteiger partial charge < -0.3 is 20.8 Å². The molecule has 0 aliphatic carbocycles. The van der Waals surface area contributed by atoms with Crippen LogP contribution in [0.25, 0.3) is 0 Å². The summed E-state index contributed by atoms with van der Waals surface area (Å²) in [5, 5.41) is 5.37. The van der Waals surface area contributed by atoms with Crippen LogP contribution in [0.2, 0.25) is 0 Å². The highest BCUT2D eigenvalue weighted by atomic mass is 79.9. The molecule has 0 spiro atoms. The van der Waals surface area contributed by atoms with Gasteiger partial charge in [0.25, 0.3) is 0 Å². The molecule has 0 bridgehead atoms. The van der Waals surface area contributed by atoms with E-state index in [1.54, 1.807) is 30.5 Å². The Labute approximate surface area is 128 Å². The van der Waals surface area contributed by atoms with E-state index >= 15 is 0 Å². The quantitative estimate of drug-likeness (QED) is 0.725. The zero-order valence-corrected chi connectivity index (χ0v) is 12.4. The third kappa shape index (κ3) is 2.70. The Kier molecular flexibility index (Phi) is 3.52. The minimum absolute atomic E-state index is 0.191. The Bertz CT molecular complexity index is 726. The standard InChI is InChI=1S/C14H12BrN3O3/c15-14-8(3-4-21-14)13(16)7-1-2-9-10(5-7)18-12(20)6-11(19)17-9/h1-5,13H,6,16H2,(H,17,19)(H,18,20). The second kappa shape index (κ2) is 5.34. The first-order valence-corrected chi connectivity index (χ1v) is 7.06. The minimum atomic E-state index is -0.403. The number of nitrogens with one attached hydrogen (secondary N) is 2. The lowest BCUT2D eigenvalue weighted by Gasteiger charge is -2.14. The number of fused-ring (bicyclic) bond motifs is 1. The lowest BCUT2D eigenvalue weighted by atomic mass is 10.0. The predicted molar refractivity (Wildman–Crippen MR) is 80.8 cm³/mol. The molecule has 3 rings (SSSR count). The van der Waals surface area contributed by atoms with Crippen molar-refractivity contribution in [3.8, 4) is 0 Å². The van der Waals surface area contributed by atoms with Crippen molar-refractivity contribution in [3.63, 3.8) is 0 Å². The maximum absolute atomic E-state index is 11.6. The normalized spacial score (nSPS) is 15.7. The summed E-state index contributed by atoms with van der Waals surface area (Å²) in [6, 6.07) is 6.66. The summed E-state index contributed by atoms with van der Waals surface area (Å²) in [4.78, 5) is 23.1. The zero-order valence-electron chi connectivity index (χ0n) is 10.9. The average molecular weight is 350 g/mol. The molecule has 7 heteroatoms. The lowest BCUT2D eigenvalue weighted by Crippen LogP contribution is -2.16. The van der Waals surface area contributed by atoms with Crippen LogP contribution in [0.1, 0.15) is 23.6 Å². The van der Waals surface area contributed by atoms with Crippen molar-refractivity contribution < 1.29 is 14.0 Å². The maximum atomic E-state index is 11.6. The van der Waals surface area contributed by atoms with E-state index in [9.17, 15) is 9.59 Å². The van der Waals surface area contributed by atoms with E-state index < -0.39 is 6.04 Å². The Balaban J connectivity index is 1.98. The van der Waals surface area contributed by atoms with Crippen LogP contribution >= 0.6 is 15.9 Å². The van der Waals surface area contributed by atoms with Gasteiger partial charge in [-0.05, 0) is 39.7 Å². The van der Waals surface area contributed by atoms with Gasteiger partial charge in [-0.1, -0.05) is 6.07 Å². The van der Waals surface area contributed by atoms with E-state index in [2.05, 4.69) is 26.6 Å². The summed E-state index contributed by atoms with van der Waals surface area (Å²) in [6.45, 7) is 0. The van der Waals surface area contributed by atoms with Gasteiger partial charge in [0.15, 0.2) is 4.67 Å². The van der Waals surface area contributed by atoms with Crippen LogP contribution in [-0.2, 0) is 9.59 Å². The third-order valence-electron chi connectivity index (χ3n) is 3.25. The summed E-state index contributed by atoms with van der Waals surface area (Å²) < 4.78 is 5.75. The van der Waals surface area contributed by atoms with E-state index in [-0.39, 0.29) is 18.2 Å². The number of hydrogen-bond acceptors (Lipinski definition) is 4. The molecule has 1 aliphatic heterocycles. The van der Waals surface area contributed by atoms with Gasteiger partial charge in [0.05, 0.1) is 23.7 Å². The van der Waals surface area contributed by atoms with Gasteiger partial charge in [0, 0.05) is 5.56 Å². The highest BCUT2D eigenvalue weighted by Crippen LogP contribution is 2.32. The van der Waals surface area contributed by atoms with Crippen molar-refractivity contribution in [3.05, 3.63) is 46.3 Å². The van der Waals surface area contributed by atoms with E-state index in [0.29, 0.717) is 16.0 Å². The van der Waals surface area contributed by atoms with Crippen LogP contribution in [0.5, 0.6) is 0 Å². The van der Waals surface area contributed by atoms with Gasteiger partial charge in [-0.15, -0.1) is 0 Å². The fraction of sp³-hybridized carbons (Fsp3) is 0.143. The molecule has 21 heavy (non-hydrogen) atoms. The molecule has 0 saturated carbocycles. The van der Waals surface area contributed by atoms with Crippen molar-refractivity contribution in [1.82, 2.24) is 0 Å². The van der Waals surface area contributed by atoms with Gasteiger partial charge in [-0.3, -0.25) is 9.59 Å². The number of amides is 2. The second-order valence-corrected chi connectivity index (χ2v) is 5.43. The number of furan rings is 1. The lowest BCUT2D eigenvalue weighted by molar-refractivity contribution is -0.123. The Hall–Kier alpha value is -2.12. The monoisotopic (exact) mass is 349 g/mol.